The van der Waals surface area contributed by atoms with E-state index in [0.29, 0.717) is 11.1 Å². The third kappa shape index (κ3) is 4.92. The van der Waals surface area contributed by atoms with Gasteiger partial charge in [-0.1, -0.05) is 38.1 Å². The molecule has 0 unspecified atom stereocenters. The van der Waals surface area contributed by atoms with Gasteiger partial charge in [0.05, 0.1) is 0 Å². The highest BCUT2D eigenvalue weighted by Gasteiger charge is 2.07. The third-order valence-electron chi connectivity index (χ3n) is 4.64. The molecule has 0 aliphatic rings. The van der Waals surface area contributed by atoms with Crippen LogP contribution in [0.5, 0.6) is 0 Å². The number of benzene rings is 3. The lowest BCUT2D eigenvalue weighted by Gasteiger charge is -2.18. The molecule has 0 saturated carbocycles. The minimum absolute atomic E-state index is 0.393. The van der Waals surface area contributed by atoms with Crippen LogP contribution in [0.15, 0.2) is 66.7 Å². The zero-order valence-electron chi connectivity index (χ0n) is 15.7. The van der Waals surface area contributed by atoms with Crippen LogP contribution in [-0.2, 0) is 6.54 Å². The number of hydrogen-bond donors (Lipinski definition) is 1. The molecule has 0 bridgehead atoms. The van der Waals surface area contributed by atoms with Gasteiger partial charge >= 0.3 is 0 Å². The molecule has 2 nitrogen and oxygen atoms in total. The van der Waals surface area contributed by atoms with Gasteiger partial charge in [0, 0.05) is 29.5 Å². The molecule has 0 amide bonds. The molecule has 0 aliphatic carbocycles. The van der Waals surface area contributed by atoms with Crippen LogP contribution in [-0.4, -0.2) is 18.0 Å². The van der Waals surface area contributed by atoms with Crippen LogP contribution in [0.1, 0.15) is 19.4 Å². The molecular formula is C23H24F2N2. The summed E-state index contributed by atoms with van der Waals surface area (Å²) in [5.74, 6) is -1.13. The maximum Gasteiger partial charge on any atom is 0.133 e. The van der Waals surface area contributed by atoms with Gasteiger partial charge in [-0.05, 0) is 60.6 Å². The van der Waals surface area contributed by atoms with Gasteiger partial charge in [0.25, 0.3) is 0 Å². The molecule has 3 aromatic rings. The number of nitrogens with zero attached hydrogens (tertiary/aromatic N) is 1. The van der Waals surface area contributed by atoms with Gasteiger partial charge < -0.3 is 5.32 Å². The first-order chi connectivity index (χ1) is 13.1. The first-order valence-corrected chi connectivity index (χ1v) is 9.23. The summed E-state index contributed by atoms with van der Waals surface area (Å²) in [4.78, 5) is 2.37. The molecule has 3 rings (SSSR count). The molecule has 27 heavy (non-hydrogen) atoms. The molecule has 4 heteroatoms. The SMILES string of the molecule is CCN(CC)Cc1cccc(Nc2ccc(-c3ccc(F)cc3F)cc2)c1. The van der Waals surface area contributed by atoms with E-state index in [2.05, 4.69) is 36.2 Å². The molecule has 3 aromatic carbocycles. The van der Waals surface area contributed by atoms with Crippen LogP contribution in [0.2, 0.25) is 0 Å². The molecule has 1 N–H and O–H groups in total. The van der Waals surface area contributed by atoms with E-state index in [-0.39, 0.29) is 0 Å². The van der Waals surface area contributed by atoms with Gasteiger partial charge in [0.15, 0.2) is 0 Å². The normalized spacial score (nSPS) is 11.0. The van der Waals surface area contributed by atoms with Gasteiger partial charge in [-0.3, -0.25) is 4.90 Å². The van der Waals surface area contributed by atoms with Crippen LogP contribution < -0.4 is 5.32 Å². The summed E-state index contributed by atoms with van der Waals surface area (Å²) in [6.45, 7) is 7.30. The highest BCUT2D eigenvalue weighted by molar-refractivity contribution is 5.69. The van der Waals surface area contributed by atoms with E-state index >= 15 is 0 Å². The number of hydrogen-bond acceptors (Lipinski definition) is 2. The second-order valence-corrected chi connectivity index (χ2v) is 6.49. The average Bonchev–Trinajstić information content (AvgIpc) is 2.67. The first kappa shape index (κ1) is 19.1. The summed E-state index contributed by atoms with van der Waals surface area (Å²) in [5.41, 5.74) is 4.30. The standard InChI is InChI=1S/C23H24F2N2/c1-3-27(4-2)16-17-6-5-7-21(14-17)26-20-11-8-18(9-12-20)22-13-10-19(24)15-23(22)25/h5-15,26H,3-4,16H2,1-2H3. The van der Waals surface area contributed by atoms with Gasteiger partial charge in [-0.15, -0.1) is 0 Å². The number of halogens is 2. The van der Waals surface area contributed by atoms with Crippen molar-refractivity contribution in [3.05, 3.63) is 83.9 Å². The van der Waals surface area contributed by atoms with Crippen molar-refractivity contribution < 1.29 is 8.78 Å². The molecule has 0 radical (unpaired) electrons. The zero-order chi connectivity index (χ0) is 19.2. The lowest BCUT2D eigenvalue weighted by molar-refractivity contribution is 0.296. The summed E-state index contributed by atoms with van der Waals surface area (Å²) in [7, 11) is 0. The van der Waals surface area contributed by atoms with Crippen molar-refractivity contribution in [2.75, 3.05) is 18.4 Å². The van der Waals surface area contributed by atoms with Crippen molar-refractivity contribution in [1.29, 1.82) is 0 Å². The van der Waals surface area contributed by atoms with Crippen molar-refractivity contribution in [1.82, 2.24) is 4.90 Å². The van der Waals surface area contributed by atoms with Crippen molar-refractivity contribution in [2.45, 2.75) is 20.4 Å². The number of rotatable bonds is 7. The highest BCUT2D eigenvalue weighted by atomic mass is 19.1. The maximum absolute atomic E-state index is 13.9. The topological polar surface area (TPSA) is 15.3 Å². The molecule has 0 heterocycles. The number of nitrogens with one attached hydrogen (secondary N) is 1. The predicted octanol–water partition coefficient (Wildman–Crippen LogP) is 6.22. The Kier molecular flexibility index (Phi) is 6.20. The molecule has 140 valence electrons. The Morgan fingerprint density at radius 1 is 0.815 bits per heavy atom. The summed E-state index contributed by atoms with van der Waals surface area (Å²) >= 11 is 0. The molecular weight excluding hydrogens is 342 g/mol. The Labute approximate surface area is 159 Å². The minimum Gasteiger partial charge on any atom is -0.356 e. The monoisotopic (exact) mass is 366 g/mol. The molecule has 0 fully saturated rings. The van der Waals surface area contributed by atoms with Gasteiger partial charge in [-0.2, -0.15) is 0 Å². The molecule has 0 aromatic heterocycles. The second kappa shape index (κ2) is 8.78. The Balaban J connectivity index is 1.73. The Hall–Kier alpha value is -2.72. The summed E-state index contributed by atoms with van der Waals surface area (Å²) in [6, 6.07) is 19.4. The molecule has 0 atom stereocenters. The van der Waals surface area contributed by atoms with Gasteiger partial charge in [0.1, 0.15) is 11.6 Å². The average molecular weight is 366 g/mol. The van der Waals surface area contributed by atoms with E-state index < -0.39 is 11.6 Å². The summed E-state index contributed by atoms with van der Waals surface area (Å²) in [6.07, 6.45) is 0. The predicted molar refractivity (Wildman–Crippen MR) is 108 cm³/mol. The lowest BCUT2D eigenvalue weighted by Crippen LogP contribution is -2.22. The zero-order valence-corrected chi connectivity index (χ0v) is 15.7. The molecule has 0 spiro atoms. The molecule has 0 aliphatic heterocycles. The number of anilines is 2. The van der Waals surface area contributed by atoms with Gasteiger partial charge in [0.2, 0.25) is 0 Å². The fourth-order valence-corrected chi connectivity index (χ4v) is 3.08. The van der Waals surface area contributed by atoms with Gasteiger partial charge in [-0.25, -0.2) is 8.78 Å². The van der Waals surface area contributed by atoms with Crippen molar-refractivity contribution in [2.24, 2.45) is 0 Å². The fourth-order valence-electron chi connectivity index (χ4n) is 3.08. The van der Waals surface area contributed by atoms with Crippen LogP contribution in [0, 0.1) is 11.6 Å². The third-order valence-corrected chi connectivity index (χ3v) is 4.64. The van der Waals surface area contributed by atoms with E-state index in [1.165, 1.54) is 17.7 Å². The van der Waals surface area contributed by atoms with E-state index in [0.717, 1.165) is 37.1 Å². The quantitative estimate of drug-likeness (QED) is 0.534. The van der Waals surface area contributed by atoms with E-state index in [1.807, 2.05) is 36.4 Å². The van der Waals surface area contributed by atoms with Crippen LogP contribution in [0.25, 0.3) is 11.1 Å². The lowest BCUT2D eigenvalue weighted by atomic mass is 10.0. The minimum atomic E-state index is -0.570. The maximum atomic E-state index is 13.9. The Morgan fingerprint density at radius 2 is 1.56 bits per heavy atom. The summed E-state index contributed by atoms with van der Waals surface area (Å²) < 4.78 is 27.0. The van der Waals surface area contributed by atoms with Crippen LogP contribution in [0.4, 0.5) is 20.2 Å². The first-order valence-electron chi connectivity index (χ1n) is 9.23. The van der Waals surface area contributed by atoms with Crippen molar-refractivity contribution in [3.8, 4) is 11.1 Å². The van der Waals surface area contributed by atoms with Crippen LogP contribution in [0.3, 0.4) is 0 Å². The second-order valence-electron chi connectivity index (χ2n) is 6.49. The van der Waals surface area contributed by atoms with E-state index in [4.69, 9.17) is 0 Å². The van der Waals surface area contributed by atoms with Crippen LogP contribution >= 0.6 is 0 Å². The highest BCUT2D eigenvalue weighted by Crippen LogP contribution is 2.26. The van der Waals surface area contributed by atoms with E-state index in [9.17, 15) is 8.78 Å². The molecule has 0 saturated heterocycles. The largest absolute Gasteiger partial charge is 0.356 e. The fraction of sp³-hybridized carbons (Fsp3) is 0.217. The Bertz CT molecular complexity index is 887. The smallest absolute Gasteiger partial charge is 0.133 e. The summed E-state index contributed by atoms with van der Waals surface area (Å²) in [5, 5.41) is 3.38. The Morgan fingerprint density at radius 3 is 2.22 bits per heavy atom. The van der Waals surface area contributed by atoms with Crippen molar-refractivity contribution in [3.63, 3.8) is 0 Å². The van der Waals surface area contributed by atoms with E-state index in [1.54, 1.807) is 0 Å². The van der Waals surface area contributed by atoms with Crippen molar-refractivity contribution >= 4 is 11.4 Å².